The average Bonchev–Trinajstić information content (AvgIpc) is 2.71. The van der Waals surface area contributed by atoms with Crippen molar-refractivity contribution >= 4 is 5.91 Å². The average molecular weight is 156 g/mol. The summed E-state index contributed by atoms with van der Waals surface area (Å²) >= 11 is 0. The Kier molecular flexibility index (Phi) is 2.88. The van der Waals surface area contributed by atoms with Gasteiger partial charge in [0.05, 0.1) is 0 Å². The van der Waals surface area contributed by atoms with E-state index in [2.05, 4.69) is 5.32 Å². The van der Waals surface area contributed by atoms with Crippen LogP contribution in [0.25, 0.3) is 0 Å². The van der Waals surface area contributed by atoms with E-state index in [1.54, 1.807) is 0 Å². The smallest absolute Gasteiger partial charge is 0.220 e. The fourth-order valence-electron chi connectivity index (χ4n) is 0.977. The zero-order valence-corrected chi connectivity index (χ0v) is 6.97. The second-order valence-electron chi connectivity index (χ2n) is 3.35. The standard InChI is InChI=1S/C8H16N2O/c1-6(5-9)10-8(11)4-7-2-3-7/h6-7H,2-5,9H2,1H3,(H,10,11). The van der Waals surface area contributed by atoms with Crippen molar-refractivity contribution in [1.82, 2.24) is 5.32 Å². The first kappa shape index (κ1) is 8.53. The second kappa shape index (κ2) is 3.72. The lowest BCUT2D eigenvalue weighted by molar-refractivity contribution is -0.121. The molecular weight excluding hydrogens is 140 g/mol. The summed E-state index contributed by atoms with van der Waals surface area (Å²) in [5.41, 5.74) is 5.35. The Morgan fingerprint density at radius 1 is 1.73 bits per heavy atom. The molecule has 3 nitrogen and oxygen atoms in total. The van der Waals surface area contributed by atoms with Gasteiger partial charge in [0.1, 0.15) is 0 Å². The molecule has 0 saturated heterocycles. The van der Waals surface area contributed by atoms with Gasteiger partial charge in [-0.05, 0) is 25.7 Å². The summed E-state index contributed by atoms with van der Waals surface area (Å²) in [5.74, 6) is 0.824. The van der Waals surface area contributed by atoms with Crippen LogP contribution in [0.4, 0.5) is 0 Å². The molecule has 3 heteroatoms. The van der Waals surface area contributed by atoms with E-state index in [4.69, 9.17) is 5.73 Å². The fraction of sp³-hybridized carbons (Fsp3) is 0.875. The zero-order chi connectivity index (χ0) is 8.27. The molecule has 0 radical (unpaired) electrons. The van der Waals surface area contributed by atoms with E-state index in [1.807, 2.05) is 6.92 Å². The Balaban J connectivity index is 2.08. The minimum Gasteiger partial charge on any atom is -0.352 e. The van der Waals surface area contributed by atoms with E-state index in [0.717, 1.165) is 0 Å². The molecule has 0 bridgehead atoms. The molecule has 1 amide bonds. The molecule has 0 aromatic rings. The van der Waals surface area contributed by atoms with Crippen LogP contribution in [0.5, 0.6) is 0 Å². The monoisotopic (exact) mass is 156 g/mol. The Hall–Kier alpha value is -0.570. The predicted molar refractivity (Wildman–Crippen MR) is 44.0 cm³/mol. The number of hydrogen-bond acceptors (Lipinski definition) is 2. The summed E-state index contributed by atoms with van der Waals surface area (Å²) in [4.78, 5) is 11.1. The Bertz CT molecular complexity index is 143. The SMILES string of the molecule is CC(CN)NC(=O)CC1CC1. The largest absolute Gasteiger partial charge is 0.352 e. The third-order valence-electron chi connectivity index (χ3n) is 1.93. The van der Waals surface area contributed by atoms with Crippen LogP contribution in [0.1, 0.15) is 26.2 Å². The molecule has 11 heavy (non-hydrogen) atoms. The molecule has 1 unspecified atom stereocenters. The third kappa shape index (κ3) is 3.37. The number of hydrogen-bond donors (Lipinski definition) is 2. The molecule has 0 spiro atoms. The van der Waals surface area contributed by atoms with E-state index >= 15 is 0 Å². The highest BCUT2D eigenvalue weighted by atomic mass is 16.1. The number of carbonyl (C=O) groups is 1. The molecular formula is C8H16N2O. The highest BCUT2D eigenvalue weighted by Crippen LogP contribution is 2.32. The molecule has 1 rings (SSSR count). The van der Waals surface area contributed by atoms with Crippen molar-refractivity contribution in [2.24, 2.45) is 11.7 Å². The summed E-state index contributed by atoms with van der Waals surface area (Å²) < 4.78 is 0. The molecule has 1 atom stereocenters. The van der Waals surface area contributed by atoms with E-state index < -0.39 is 0 Å². The highest BCUT2D eigenvalue weighted by Gasteiger charge is 2.24. The number of nitrogens with one attached hydrogen (secondary N) is 1. The highest BCUT2D eigenvalue weighted by molar-refractivity contribution is 5.76. The van der Waals surface area contributed by atoms with Gasteiger partial charge in [-0.3, -0.25) is 4.79 Å². The number of nitrogens with two attached hydrogens (primary N) is 1. The van der Waals surface area contributed by atoms with Crippen molar-refractivity contribution in [2.75, 3.05) is 6.54 Å². The van der Waals surface area contributed by atoms with E-state index in [9.17, 15) is 4.79 Å². The van der Waals surface area contributed by atoms with Gasteiger partial charge in [-0.2, -0.15) is 0 Å². The van der Waals surface area contributed by atoms with Gasteiger partial charge >= 0.3 is 0 Å². The molecule has 0 aliphatic heterocycles. The molecule has 1 fully saturated rings. The lowest BCUT2D eigenvalue weighted by atomic mass is 10.2. The molecule has 1 aliphatic rings. The molecule has 0 heterocycles. The first-order valence-corrected chi connectivity index (χ1v) is 4.21. The minimum atomic E-state index is 0.126. The number of carbonyl (C=O) groups excluding carboxylic acids is 1. The van der Waals surface area contributed by atoms with Gasteiger partial charge in [0.2, 0.25) is 5.91 Å². The predicted octanol–water partition coefficient (Wildman–Crippen LogP) is 0.250. The van der Waals surface area contributed by atoms with Gasteiger partial charge in [0.25, 0.3) is 0 Å². The number of rotatable bonds is 4. The van der Waals surface area contributed by atoms with Crippen LogP contribution in [0.15, 0.2) is 0 Å². The van der Waals surface area contributed by atoms with Gasteiger partial charge in [-0.25, -0.2) is 0 Å². The van der Waals surface area contributed by atoms with Crippen LogP contribution in [0.2, 0.25) is 0 Å². The summed E-state index contributed by atoms with van der Waals surface area (Å²) in [6, 6.07) is 0.126. The van der Waals surface area contributed by atoms with Crippen LogP contribution in [0, 0.1) is 5.92 Å². The van der Waals surface area contributed by atoms with Crippen molar-refractivity contribution in [3.05, 3.63) is 0 Å². The maximum absolute atomic E-state index is 11.1. The van der Waals surface area contributed by atoms with Crippen LogP contribution >= 0.6 is 0 Å². The summed E-state index contributed by atoms with van der Waals surface area (Å²) in [6.07, 6.45) is 3.15. The van der Waals surface area contributed by atoms with Gasteiger partial charge in [0.15, 0.2) is 0 Å². The Labute approximate surface area is 67.3 Å². The summed E-state index contributed by atoms with van der Waals surface area (Å²) in [5, 5.41) is 2.84. The molecule has 3 N–H and O–H groups in total. The molecule has 1 saturated carbocycles. The lowest BCUT2D eigenvalue weighted by Gasteiger charge is -2.10. The zero-order valence-electron chi connectivity index (χ0n) is 6.97. The Morgan fingerprint density at radius 2 is 2.36 bits per heavy atom. The van der Waals surface area contributed by atoms with Gasteiger partial charge in [0, 0.05) is 19.0 Å². The van der Waals surface area contributed by atoms with Crippen molar-refractivity contribution in [2.45, 2.75) is 32.2 Å². The number of amides is 1. The topological polar surface area (TPSA) is 55.1 Å². The quantitative estimate of drug-likeness (QED) is 0.613. The van der Waals surface area contributed by atoms with E-state index in [1.165, 1.54) is 12.8 Å². The fourth-order valence-corrected chi connectivity index (χ4v) is 0.977. The van der Waals surface area contributed by atoms with Crippen molar-refractivity contribution in [3.8, 4) is 0 Å². The molecule has 64 valence electrons. The summed E-state index contributed by atoms with van der Waals surface area (Å²) in [7, 11) is 0. The van der Waals surface area contributed by atoms with Crippen LogP contribution in [-0.2, 0) is 4.79 Å². The maximum atomic E-state index is 11.1. The van der Waals surface area contributed by atoms with Gasteiger partial charge in [-0.15, -0.1) is 0 Å². The van der Waals surface area contributed by atoms with Gasteiger partial charge < -0.3 is 11.1 Å². The van der Waals surface area contributed by atoms with E-state index in [0.29, 0.717) is 18.9 Å². The van der Waals surface area contributed by atoms with Crippen molar-refractivity contribution in [1.29, 1.82) is 0 Å². The third-order valence-corrected chi connectivity index (χ3v) is 1.93. The first-order valence-electron chi connectivity index (χ1n) is 4.21. The van der Waals surface area contributed by atoms with Crippen LogP contribution < -0.4 is 11.1 Å². The van der Waals surface area contributed by atoms with Crippen LogP contribution in [0.3, 0.4) is 0 Å². The molecule has 1 aliphatic carbocycles. The van der Waals surface area contributed by atoms with Crippen molar-refractivity contribution < 1.29 is 4.79 Å². The Morgan fingerprint density at radius 3 is 2.82 bits per heavy atom. The summed E-state index contributed by atoms with van der Waals surface area (Å²) in [6.45, 7) is 2.45. The normalized spacial score (nSPS) is 19.5. The first-order chi connectivity index (χ1) is 5.22. The van der Waals surface area contributed by atoms with Crippen LogP contribution in [-0.4, -0.2) is 18.5 Å². The van der Waals surface area contributed by atoms with Crippen molar-refractivity contribution in [3.63, 3.8) is 0 Å². The molecule has 0 aromatic carbocycles. The van der Waals surface area contributed by atoms with E-state index in [-0.39, 0.29) is 11.9 Å². The second-order valence-corrected chi connectivity index (χ2v) is 3.35. The lowest BCUT2D eigenvalue weighted by Crippen LogP contribution is -2.37. The molecule has 0 aromatic heterocycles. The maximum Gasteiger partial charge on any atom is 0.220 e. The minimum absolute atomic E-state index is 0.126. The van der Waals surface area contributed by atoms with Gasteiger partial charge in [-0.1, -0.05) is 0 Å².